The van der Waals surface area contributed by atoms with Gasteiger partial charge in [0.15, 0.2) is 11.3 Å². The van der Waals surface area contributed by atoms with E-state index in [1.54, 1.807) is 23.0 Å². The Hall–Kier alpha value is -2.78. The van der Waals surface area contributed by atoms with Crippen molar-refractivity contribution in [2.45, 2.75) is 25.8 Å². The highest BCUT2D eigenvalue weighted by molar-refractivity contribution is 6.33. The number of pyridine rings is 1. The Bertz CT molecular complexity index is 1130. The number of ether oxygens (including phenoxy) is 1. The van der Waals surface area contributed by atoms with Crippen LogP contribution in [0.25, 0.3) is 16.7 Å². The van der Waals surface area contributed by atoms with Crippen LogP contribution in [0.5, 0.6) is 0 Å². The lowest BCUT2D eigenvalue weighted by Crippen LogP contribution is -2.20. The van der Waals surface area contributed by atoms with Gasteiger partial charge < -0.3 is 10.1 Å². The predicted molar refractivity (Wildman–Crippen MR) is 100 cm³/mol. The lowest BCUT2D eigenvalue weighted by atomic mass is 10.1. The molecule has 5 rings (SSSR count). The summed E-state index contributed by atoms with van der Waals surface area (Å²) in [6, 6.07) is 2.03. The summed E-state index contributed by atoms with van der Waals surface area (Å²) in [4.78, 5) is 13.3. The van der Waals surface area contributed by atoms with E-state index < -0.39 is 0 Å². The number of anilines is 2. The molecule has 9 nitrogen and oxygen atoms in total. The molecule has 0 aliphatic carbocycles. The first kappa shape index (κ1) is 16.4. The van der Waals surface area contributed by atoms with Gasteiger partial charge in [-0.2, -0.15) is 15.2 Å². The fourth-order valence-electron chi connectivity index (χ4n) is 3.36. The number of rotatable bonds is 3. The molecule has 1 aliphatic rings. The van der Waals surface area contributed by atoms with Gasteiger partial charge in [-0.1, -0.05) is 11.6 Å². The van der Waals surface area contributed by atoms with Gasteiger partial charge in [0.05, 0.1) is 34.0 Å². The predicted octanol–water partition coefficient (Wildman–Crippen LogP) is 2.93. The summed E-state index contributed by atoms with van der Waals surface area (Å²) in [5, 5.41) is 13.5. The van der Waals surface area contributed by atoms with Crippen LogP contribution in [0.4, 0.5) is 11.6 Å². The maximum absolute atomic E-state index is 6.35. The first-order chi connectivity index (χ1) is 13.2. The maximum atomic E-state index is 6.35. The summed E-state index contributed by atoms with van der Waals surface area (Å²) in [6.07, 6.45) is 6.90. The molecule has 0 saturated carbocycles. The van der Waals surface area contributed by atoms with Gasteiger partial charge in [0.25, 0.3) is 0 Å². The Morgan fingerprint density at radius 3 is 2.96 bits per heavy atom. The molecule has 1 aliphatic heterocycles. The van der Waals surface area contributed by atoms with Crippen LogP contribution in [0.2, 0.25) is 5.02 Å². The van der Waals surface area contributed by atoms with E-state index in [9.17, 15) is 0 Å². The summed E-state index contributed by atoms with van der Waals surface area (Å²) in [5.41, 5.74) is 3.07. The van der Waals surface area contributed by atoms with Crippen molar-refractivity contribution in [2.75, 3.05) is 18.5 Å². The van der Waals surface area contributed by atoms with Gasteiger partial charge in [0.1, 0.15) is 6.33 Å². The fourth-order valence-corrected chi connectivity index (χ4v) is 3.55. The highest BCUT2D eigenvalue weighted by atomic mass is 35.5. The summed E-state index contributed by atoms with van der Waals surface area (Å²) >= 11 is 6.35. The molecule has 10 heteroatoms. The molecule has 0 bridgehead atoms. The number of hydrogen-bond acceptors (Lipinski definition) is 7. The van der Waals surface area contributed by atoms with Crippen molar-refractivity contribution in [1.29, 1.82) is 0 Å². The number of hydrogen-bond donors (Lipinski definition) is 1. The molecule has 0 atom stereocenters. The van der Waals surface area contributed by atoms with Crippen LogP contribution in [0, 0.1) is 6.92 Å². The van der Waals surface area contributed by atoms with Gasteiger partial charge in [-0.15, -0.1) is 0 Å². The number of halogens is 1. The molecular formula is C17H17ClN8O. The van der Waals surface area contributed by atoms with Crippen LogP contribution in [-0.2, 0) is 4.74 Å². The molecule has 1 saturated heterocycles. The quantitative estimate of drug-likeness (QED) is 0.580. The van der Waals surface area contributed by atoms with Crippen LogP contribution in [-0.4, -0.2) is 47.6 Å². The van der Waals surface area contributed by atoms with E-state index in [0.29, 0.717) is 22.3 Å². The van der Waals surface area contributed by atoms with E-state index in [1.807, 2.05) is 11.6 Å². The van der Waals surface area contributed by atoms with Gasteiger partial charge in [-0.05, 0) is 19.8 Å². The lowest BCUT2D eigenvalue weighted by Gasteiger charge is -2.22. The Balaban J connectivity index is 1.54. The number of aryl methyl sites for hydroxylation is 1. The molecule has 0 radical (unpaired) electrons. The number of aromatic nitrogens is 7. The second kappa shape index (κ2) is 6.43. The van der Waals surface area contributed by atoms with Gasteiger partial charge in [-0.3, -0.25) is 0 Å². The number of fused-ring (bicyclic) bond motifs is 2. The zero-order chi connectivity index (χ0) is 18.4. The molecule has 5 heterocycles. The summed E-state index contributed by atoms with van der Waals surface area (Å²) in [6.45, 7) is 3.47. The Morgan fingerprint density at radius 2 is 2.11 bits per heavy atom. The number of nitrogens with one attached hydrogen (secondary N) is 1. The second-order valence-corrected chi connectivity index (χ2v) is 6.93. The van der Waals surface area contributed by atoms with Crippen molar-refractivity contribution in [3.8, 4) is 0 Å². The normalized spacial score (nSPS) is 15.6. The largest absolute Gasteiger partial charge is 0.381 e. The standard InChI is InChI=1S/C17H17ClN8O/c1-10-12-7-19-17(22-14-8-25-15(6-13(14)18)20-9-21-25)23-16(12)26(24-10)11-2-4-27-5-3-11/h6-9,11H,2-5H2,1H3,(H,19,22,23). The van der Waals surface area contributed by atoms with Crippen LogP contribution >= 0.6 is 11.6 Å². The second-order valence-electron chi connectivity index (χ2n) is 6.53. The van der Waals surface area contributed by atoms with E-state index in [1.165, 1.54) is 6.33 Å². The number of nitrogens with zero attached hydrogens (tertiary/aromatic N) is 7. The third-order valence-electron chi connectivity index (χ3n) is 4.78. The SMILES string of the molecule is Cc1nn(C2CCOCC2)c2nc(Nc3cn4ncnc4cc3Cl)ncc12. The van der Waals surface area contributed by atoms with Gasteiger partial charge >= 0.3 is 0 Å². The first-order valence-corrected chi connectivity index (χ1v) is 9.12. The van der Waals surface area contributed by atoms with Crippen LogP contribution in [0.1, 0.15) is 24.6 Å². The minimum Gasteiger partial charge on any atom is -0.381 e. The summed E-state index contributed by atoms with van der Waals surface area (Å²) in [5.74, 6) is 0.456. The van der Waals surface area contributed by atoms with Crippen LogP contribution in [0.15, 0.2) is 24.8 Å². The molecule has 1 N–H and O–H groups in total. The van der Waals surface area contributed by atoms with Gasteiger partial charge in [0, 0.05) is 25.5 Å². The van der Waals surface area contributed by atoms with Crippen molar-refractivity contribution in [3.63, 3.8) is 0 Å². The third-order valence-corrected chi connectivity index (χ3v) is 5.09. The van der Waals surface area contributed by atoms with Crippen LogP contribution in [0.3, 0.4) is 0 Å². The minimum atomic E-state index is 0.285. The zero-order valence-corrected chi connectivity index (χ0v) is 15.4. The molecule has 4 aromatic rings. The maximum Gasteiger partial charge on any atom is 0.229 e. The van der Waals surface area contributed by atoms with Gasteiger partial charge in [0.2, 0.25) is 5.95 Å². The van der Waals surface area contributed by atoms with Crippen molar-refractivity contribution in [3.05, 3.63) is 35.5 Å². The van der Waals surface area contributed by atoms with E-state index in [0.717, 1.165) is 42.8 Å². The van der Waals surface area contributed by atoms with Crippen molar-refractivity contribution >= 4 is 39.9 Å². The van der Waals surface area contributed by atoms with E-state index >= 15 is 0 Å². The van der Waals surface area contributed by atoms with E-state index in [-0.39, 0.29) is 6.04 Å². The summed E-state index contributed by atoms with van der Waals surface area (Å²) in [7, 11) is 0. The zero-order valence-electron chi connectivity index (χ0n) is 14.6. The molecule has 0 aromatic carbocycles. The molecule has 4 aromatic heterocycles. The third kappa shape index (κ3) is 2.88. The monoisotopic (exact) mass is 384 g/mol. The molecule has 1 fully saturated rings. The average Bonchev–Trinajstić information content (AvgIpc) is 3.26. The highest BCUT2D eigenvalue weighted by Crippen LogP contribution is 2.28. The first-order valence-electron chi connectivity index (χ1n) is 8.74. The fraction of sp³-hybridized carbons (Fsp3) is 0.353. The van der Waals surface area contributed by atoms with E-state index in [2.05, 4.69) is 20.4 Å². The average molecular weight is 385 g/mol. The molecule has 138 valence electrons. The van der Waals surface area contributed by atoms with Crippen molar-refractivity contribution < 1.29 is 4.74 Å². The lowest BCUT2D eigenvalue weighted by molar-refractivity contribution is 0.0672. The highest BCUT2D eigenvalue weighted by Gasteiger charge is 2.21. The molecular weight excluding hydrogens is 368 g/mol. The van der Waals surface area contributed by atoms with Crippen molar-refractivity contribution in [1.82, 2.24) is 34.3 Å². The van der Waals surface area contributed by atoms with Crippen molar-refractivity contribution in [2.24, 2.45) is 0 Å². The smallest absolute Gasteiger partial charge is 0.229 e. The molecule has 27 heavy (non-hydrogen) atoms. The van der Waals surface area contributed by atoms with Crippen LogP contribution < -0.4 is 5.32 Å². The Labute approximate surface area is 159 Å². The molecule has 0 unspecified atom stereocenters. The minimum absolute atomic E-state index is 0.285. The molecule has 0 amide bonds. The summed E-state index contributed by atoms with van der Waals surface area (Å²) < 4.78 is 9.11. The van der Waals surface area contributed by atoms with Gasteiger partial charge in [-0.25, -0.2) is 19.2 Å². The molecule has 0 spiro atoms. The Morgan fingerprint density at radius 1 is 1.26 bits per heavy atom. The Kier molecular flexibility index (Phi) is 3.91. The topological polar surface area (TPSA) is 95.0 Å². The van der Waals surface area contributed by atoms with E-state index in [4.69, 9.17) is 26.4 Å².